The number of aromatic nitrogens is 2. The Balaban J connectivity index is 1.07. The van der Waals surface area contributed by atoms with Crippen LogP contribution in [-0.4, -0.2) is 9.97 Å². The molecule has 0 saturated carbocycles. The molecule has 0 aliphatic carbocycles. The van der Waals surface area contributed by atoms with Crippen molar-refractivity contribution < 1.29 is 0 Å². The molecule has 10 aromatic rings. The quantitative estimate of drug-likeness (QED) is 0.157. The smallest absolute Gasteiger partial charge is 0.0973 e. The van der Waals surface area contributed by atoms with Crippen molar-refractivity contribution in [3.05, 3.63) is 218 Å². The van der Waals surface area contributed by atoms with Gasteiger partial charge >= 0.3 is 0 Å². The van der Waals surface area contributed by atoms with E-state index in [0.29, 0.717) is 0 Å². The minimum Gasteiger partial charge on any atom is -0.310 e. The van der Waals surface area contributed by atoms with E-state index in [-0.39, 0.29) is 0 Å². The summed E-state index contributed by atoms with van der Waals surface area (Å²) in [5, 5.41) is 4.79. The summed E-state index contributed by atoms with van der Waals surface area (Å²) in [5.74, 6) is 0. The zero-order chi connectivity index (χ0) is 37.3. The van der Waals surface area contributed by atoms with Gasteiger partial charge in [0.05, 0.1) is 33.8 Å². The number of fused-ring (bicyclic) bond motifs is 3. The van der Waals surface area contributed by atoms with E-state index in [1.165, 1.54) is 21.5 Å². The first-order chi connectivity index (χ1) is 27.8. The number of hydrogen-bond acceptors (Lipinski definition) is 4. The van der Waals surface area contributed by atoms with Crippen LogP contribution in [0.1, 0.15) is 0 Å². The molecular weight excluding hydrogens is 681 g/mol. The molecule has 4 heteroatoms. The first-order valence-electron chi connectivity index (χ1n) is 18.9. The van der Waals surface area contributed by atoms with Gasteiger partial charge in [-0.1, -0.05) is 146 Å². The highest BCUT2D eigenvalue weighted by molar-refractivity contribution is 6.00. The van der Waals surface area contributed by atoms with Gasteiger partial charge in [0.15, 0.2) is 0 Å². The van der Waals surface area contributed by atoms with Crippen LogP contribution < -0.4 is 9.80 Å². The molecule has 0 amide bonds. The maximum absolute atomic E-state index is 5.25. The maximum atomic E-state index is 5.25. The topological polar surface area (TPSA) is 32.3 Å². The van der Waals surface area contributed by atoms with E-state index >= 15 is 0 Å². The highest BCUT2D eigenvalue weighted by Gasteiger charge is 2.19. The van der Waals surface area contributed by atoms with E-state index in [1.807, 2.05) is 24.3 Å². The van der Waals surface area contributed by atoms with Gasteiger partial charge in [0.1, 0.15) is 0 Å². The summed E-state index contributed by atoms with van der Waals surface area (Å²) in [6.45, 7) is 0. The Hall–Kier alpha value is -7.56. The van der Waals surface area contributed by atoms with Crippen LogP contribution in [-0.2, 0) is 0 Å². The molecule has 0 N–H and O–H groups in total. The fourth-order valence-electron chi connectivity index (χ4n) is 7.75. The Morgan fingerprint density at radius 2 is 0.607 bits per heavy atom. The lowest BCUT2D eigenvalue weighted by atomic mass is 10.0. The van der Waals surface area contributed by atoms with Gasteiger partial charge in [0.2, 0.25) is 0 Å². The predicted octanol–water partition coefficient (Wildman–Crippen LogP) is 14.2. The Kier molecular flexibility index (Phi) is 8.47. The zero-order valence-corrected chi connectivity index (χ0v) is 30.6. The minimum atomic E-state index is 0.841. The number of nitrogens with zero attached hydrogens (tertiary/aromatic N) is 4. The summed E-state index contributed by atoms with van der Waals surface area (Å²) in [4.78, 5) is 15.2. The van der Waals surface area contributed by atoms with Gasteiger partial charge in [-0.05, 0) is 83.6 Å². The second-order valence-electron chi connectivity index (χ2n) is 13.8. The van der Waals surface area contributed by atoms with Crippen LogP contribution >= 0.6 is 0 Å². The van der Waals surface area contributed by atoms with E-state index in [9.17, 15) is 0 Å². The number of rotatable bonds is 8. The summed E-state index contributed by atoms with van der Waals surface area (Å²) in [7, 11) is 0. The number of anilines is 6. The van der Waals surface area contributed by atoms with Gasteiger partial charge in [-0.25, -0.2) is 9.97 Å². The van der Waals surface area contributed by atoms with E-state index in [0.717, 1.165) is 67.7 Å². The van der Waals surface area contributed by atoms with Crippen molar-refractivity contribution in [1.29, 1.82) is 0 Å². The Bertz CT molecular complexity index is 2750. The third kappa shape index (κ3) is 6.09. The molecule has 1 heterocycles. The van der Waals surface area contributed by atoms with Crippen molar-refractivity contribution >= 4 is 66.7 Å². The lowest BCUT2D eigenvalue weighted by molar-refractivity contribution is 1.27. The van der Waals surface area contributed by atoms with Crippen molar-refractivity contribution in [2.75, 3.05) is 9.80 Å². The first kappa shape index (κ1) is 33.0. The molecule has 0 spiro atoms. The van der Waals surface area contributed by atoms with E-state index in [4.69, 9.17) is 9.97 Å². The van der Waals surface area contributed by atoms with Crippen molar-refractivity contribution in [2.45, 2.75) is 0 Å². The van der Waals surface area contributed by atoms with Gasteiger partial charge in [-0.3, -0.25) is 0 Å². The highest BCUT2D eigenvalue weighted by Crippen LogP contribution is 2.42. The summed E-state index contributed by atoms with van der Waals surface area (Å²) >= 11 is 0. The average Bonchev–Trinajstić information content (AvgIpc) is 3.27. The molecule has 9 aromatic carbocycles. The van der Waals surface area contributed by atoms with E-state index < -0.39 is 0 Å². The summed E-state index contributed by atoms with van der Waals surface area (Å²) in [6, 6.07) is 76.8. The van der Waals surface area contributed by atoms with Crippen LogP contribution in [0.15, 0.2) is 218 Å². The van der Waals surface area contributed by atoms with E-state index in [2.05, 4.69) is 204 Å². The van der Waals surface area contributed by atoms with Crippen molar-refractivity contribution in [3.63, 3.8) is 0 Å². The maximum Gasteiger partial charge on any atom is 0.0973 e. The molecule has 10 rings (SSSR count). The average molecular weight is 717 g/mol. The second-order valence-corrected chi connectivity index (χ2v) is 13.8. The summed E-state index contributed by atoms with van der Waals surface area (Å²) in [6.07, 6.45) is 0. The van der Waals surface area contributed by atoms with Crippen LogP contribution in [0.25, 0.3) is 55.1 Å². The molecule has 0 saturated heterocycles. The molecule has 0 unspecified atom stereocenters. The monoisotopic (exact) mass is 716 g/mol. The normalized spacial score (nSPS) is 11.2. The van der Waals surface area contributed by atoms with Crippen molar-refractivity contribution in [2.24, 2.45) is 0 Å². The molecule has 0 bridgehead atoms. The first-order valence-corrected chi connectivity index (χ1v) is 18.9. The van der Waals surface area contributed by atoms with Crippen LogP contribution in [0, 0.1) is 0 Å². The molecule has 0 aliphatic heterocycles. The fourth-order valence-corrected chi connectivity index (χ4v) is 7.75. The third-order valence-corrected chi connectivity index (χ3v) is 10.4. The second kappa shape index (κ2) is 14.3. The van der Waals surface area contributed by atoms with Crippen LogP contribution in [0.5, 0.6) is 0 Å². The van der Waals surface area contributed by atoms with Gasteiger partial charge < -0.3 is 9.80 Å². The number of hydrogen-bond donors (Lipinski definition) is 0. The molecule has 0 aliphatic rings. The van der Waals surface area contributed by atoms with Crippen LogP contribution in [0.2, 0.25) is 0 Å². The van der Waals surface area contributed by atoms with Gasteiger partial charge in [0, 0.05) is 44.6 Å². The Labute approximate surface area is 326 Å². The predicted molar refractivity (Wildman–Crippen MR) is 235 cm³/mol. The summed E-state index contributed by atoms with van der Waals surface area (Å²) < 4.78 is 0. The van der Waals surface area contributed by atoms with Gasteiger partial charge in [-0.15, -0.1) is 0 Å². The molecule has 4 nitrogen and oxygen atoms in total. The Morgan fingerprint density at radius 3 is 1.04 bits per heavy atom. The van der Waals surface area contributed by atoms with Gasteiger partial charge in [-0.2, -0.15) is 0 Å². The summed E-state index contributed by atoms with van der Waals surface area (Å²) in [5.41, 5.74) is 12.0. The molecule has 264 valence electrons. The zero-order valence-electron chi connectivity index (χ0n) is 30.6. The number of benzene rings is 9. The van der Waals surface area contributed by atoms with Crippen LogP contribution in [0.3, 0.4) is 0 Å². The largest absolute Gasteiger partial charge is 0.310 e. The minimum absolute atomic E-state index is 0.841. The molecule has 56 heavy (non-hydrogen) atoms. The number of para-hydroxylation sites is 4. The molecular formula is C52H36N4. The van der Waals surface area contributed by atoms with E-state index in [1.54, 1.807) is 0 Å². The SMILES string of the molecule is c1ccc(N(c2ccc(-c3nc4ccccc4nc3-c3ccc(N(c4ccccc4)c4cccc5ccccc45)cc3)cc2)c2cccc3ccccc23)cc1. The fraction of sp³-hybridized carbons (Fsp3) is 0. The molecule has 0 radical (unpaired) electrons. The van der Waals surface area contributed by atoms with Crippen LogP contribution in [0.4, 0.5) is 34.1 Å². The highest BCUT2D eigenvalue weighted by atomic mass is 15.1. The lowest BCUT2D eigenvalue weighted by Gasteiger charge is -2.27. The molecule has 0 fully saturated rings. The standard InChI is InChI=1S/C52H36N4/c1-3-19-41(20-4-1)55(49-27-13-17-37-15-7-9-23-45(37)49)43-33-29-39(30-34-43)51-52(54-48-26-12-11-25-47(48)53-51)40-31-35-44(36-32-40)56(42-21-5-2-6-22-42)50-28-14-18-38-16-8-10-24-46(38)50/h1-36H. The molecule has 1 aromatic heterocycles. The third-order valence-electron chi connectivity index (χ3n) is 10.4. The van der Waals surface area contributed by atoms with Gasteiger partial charge in [0.25, 0.3) is 0 Å². The lowest BCUT2D eigenvalue weighted by Crippen LogP contribution is -2.10. The Morgan fingerprint density at radius 1 is 0.268 bits per heavy atom. The van der Waals surface area contributed by atoms with Crippen molar-refractivity contribution in [1.82, 2.24) is 9.97 Å². The molecule has 0 atom stereocenters. The van der Waals surface area contributed by atoms with Crippen molar-refractivity contribution in [3.8, 4) is 22.5 Å².